The number of amides is 2. The summed E-state index contributed by atoms with van der Waals surface area (Å²) in [5.74, 6) is -0.708. The van der Waals surface area contributed by atoms with E-state index in [0.717, 1.165) is 40.9 Å². The highest BCUT2D eigenvalue weighted by molar-refractivity contribution is 6.08. The first kappa shape index (κ1) is 19.8. The van der Waals surface area contributed by atoms with Gasteiger partial charge in [-0.05, 0) is 86.3 Å². The molecule has 0 spiro atoms. The third-order valence-electron chi connectivity index (χ3n) is 5.43. The quantitative estimate of drug-likeness (QED) is 0.647. The summed E-state index contributed by atoms with van der Waals surface area (Å²) in [6.45, 7) is 4.58. The van der Waals surface area contributed by atoms with E-state index in [1.807, 2.05) is 44.2 Å². The molecule has 0 fully saturated rings. The van der Waals surface area contributed by atoms with Gasteiger partial charge in [0.25, 0.3) is 11.8 Å². The van der Waals surface area contributed by atoms with Crippen LogP contribution in [0.2, 0.25) is 0 Å². The van der Waals surface area contributed by atoms with Crippen LogP contribution in [0.25, 0.3) is 0 Å². The molecule has 0 aliphatic carbocycles. The van der Waals surface area contributed by atoms with Gasteiger partial charge in [0.2, 0.25) is 0 Å². The number of halogens is 1. The lowest BCUT2D eigenvalue weighted by Crippen LogP contribution is -2.35. The molecule has 0 unspecified atom stereocenters. The summed E-state index contributed by atoms with van der Waals surface area (Å²) >= 11 is 0. The Morgan fingerprint density at radius 3 is 2.40 bits per heavy atom. The molecule has 3 aromatic rings. The minimum absolute atomic E-state index is 0.163. The highest BCUT2D eigenvalue weighted by Gasteiger charge is 2.24. The SMILES string of the molecule is Cc1ccc(NC(=O)c2ccc3c(c2)CCCN3C(=O)c2ccc(F)cc2)c(C)c1. The summed E-state index contributed by atoms with van der Waals surface area (Å²) in [6, 6.07) is 16.9. The van der Waals surface area contributed by atoms with Crippen LogP contribution in [0.15, 0.2) is 60.7 Å². The minimum Gasteiger partial charge on any atom is -0.322 e. The van der Waals surface area contributed by atoms with Gasteiger partial charge < -0.3 is 10.2 Å². The van der Waals surface area contributed by atoms with E-state index in [2.05, 4.69) is 5.32 Å². The van der Waals surface area contributed by atoms with Gasteiger partial charge in [0.05, 0.1) is 0 Å². The van der Waals surface area contributed by atoms with Gasteiger partial charge in [0, 0.05) is 29.0 Å². The number of nitrogens with one attached hydrogen (secondary N) is 1. The Bertz CT molecular complexity index is 1120. The number of anilines is 2. The van der Waals surface area contributed by atoms with Gasteiger partial charge in [-0.1, -0.05) is 17.7 Å². The van der Waals surface area contributed by atoms with Crippen LogP contribution in [-0.2, 0) is 6.42 Å². The van der Waals surface area contributed by atoms with Crippen LogP contribution in [0.3, 0.4) is 0 Å². The maximum absolute atomic E-state index is 13.2. The number of fused-ring (bicyclic) bond motifs is 1. The van der Waals surface area contributed by atoms with Crippen LogP contribution in [0.5, 0.6) is 0 Å². The maximum atomic E-state index is 13.2. The van der Waals surface area contributed by atoms with Crippen molar-refractivity contribution in [3.8, 4) is 0 Å². The summed E-state index contributed by atoms with van der Waals surface area (Å²) < 4.78 is 13.2. The second kappa shape index (κ2) is 8.11. The summed E-state index contributed by atoms with van der Waals surface area (Å²) in [5.41, 5.74) is 5.72. The highest BCUT2D eigenvalue weighted by Crippen LogP contribution is 2.30. The predicted molar refractivity (Wildman–Crippen MR) is 117 cm³/mol. The molecule has 0 atom stereocenters. The van der Waals surface area contributed by atoms with Gasteiger partial charge in [-0.25, -0.2) is 4.39 Å². The van der Waals surface area contributed by atoms with Crippen molar-refractivity contribution in [2.24, 2.45) is 0 Å². The molecule has 4 nitrogen and oxygen atoms in total. The molecule has 2 amide bonds. The Morgan fingerprint density at radius 1 is 0.933 bits per heavy atom. The molecule has 1 heterocycles. The number of carbonyl (C=O) groups is 2. The molecular weight excluding hydrogens is 379 g/mol. The molecule has 0 bridgehead atoms. The molecule has 152 valence electrons. The van der Waals surface area contributed by atoms with E-state index in [9.17, 15) is 14.0 Å². The first-order chi connectivity index (χ1) is 14.4. The zero-order chi connectivity index (χ0) is 21.3. The molecule has 30 heavy (non-hydrogen) atoms. The molecule has 3 aromatic carbocycles. The van der Waals surface area contributed by atoms with Gasteiger partial charge in [0.15, 0.2) is 0 Å². The maximum Gasteiger partial charge on any atom is 0.258 e. The van der Waals surface area contributed by atoms with Gasteiger partial charge in [-0.3, -0.25) is 9.59 Å². The van der Waals surface area contributed by atoms with Gasteiger partial charge in [-0.2, -0.15) is 0 Å². The van der Waals surface area contributed by atoms with Crippen molar-refractivity contribution in [1.29, 1.82) is 0 Å². The molecule has 0 saturated heterocycles. The largest absolute Gasteiger partial charge is 0.322 e. The first-order valence-electron chi connectivity index (χ1n) is 10.0. The number of nitrogens with zero attached hydrogens (tertiary/aromatic N) is 1. The number of hydrogen-bond acceptors (Lipinski definition) is 2. The Kier molecular flexibility index (Phi) is 5.36. The highest BCUT2D eigenvalue weighted by atomic mass is 19.1. The van der Waals surface area contributed by atoms with E-state index in [-0.39, 0.29) is 17.6 Å². The molecule has 4 rings (SSSR count). The lowest BCUT2D eigenvalue weighted by Gasteiger charge is -2.30. The van der Waals surface area contributed by atoms with Crippen LogP contribution in [0, 0.1) is 19.7 Å². The normalized spacial score (nSPS) is 13.0. The van der Waals surface area contributed by atoms with Crippen molar-refractivity contribution in [3.05, 3.63) is 94.3 Å². The van der Waals surface area contributed by atoms with E-state index in [1.54, 1.807) is 11.0 Å². The Labute approximate surface area is 175 Å². The standard InChI is InChI=1S/C25H23FN2O2/c1-16-5-11-22(17(2)14-16)27-24(29)20-8-12-23-19(15-20)4-3-13-28(23)25(30)18-6-9-21(26)10-7-18/h5-12,14-15H,3-4,13H2,1-2H3,(H,27,29). The molecular formula is C25H23FN2O2. The fourth-order valence-corrected chi connectivity index (χ4v) is 3.85. The van der Waals surface area contributed by atoms with E-state index in [1.165, 1.54) is 24.3 Å². The Hall–Kier alpha value is -3.47. The topological polar surface area (TPSA) is 49.4 Å². The van der Waals surface area contributed by atoms with Crippen molar-refractivity contribution < 1.29 is 14.0 Å². The van der Waals surface area contributed by atoms with Crippen LogP contribution in [-0.4, -0.2) is 18.4 Å². The van der Waals surface area contributed by atoms with Gasteiger partial charge in [0.1, 0.15) is 5.82 Å². The van der Waals surface area contributed by atoms with Crippen molar-refractivity contribution in [1.82, 2.24) is 0 Å². The Balaban J connectivity index is 1.57. The number of hydrogen-bond donors (Lipinski definition) is 1. The van der Waals surface area contributed by atoms with E-state index < -0.39 is 0 Å². The summed E-state index contributed by atoms with van der Waals surface area (Å²) in [5, 5.41) is 2.97. The van der Waals surface area contributed by atoms with Gasteiger partial charge >= 0.3 is 0 Å². The van der Waals surface area contributed by atoms with Crippen molar-refractivity contribution >= 4 is 23.2 Å². The zero-order valence-corrected chi connectivity index (χ0v) is 17.0. The summed E-state index contributed by atoms with van der Waals surface area (Å²) in [7, 11) is 0. The number of benzene rings is 3. The predicted octanol–water partition coefficient (Wildman–Crippen LogP) is 5.29. The molecule has 1 aliphatic heterocycles. The fraction of sp³-hybridized carbons (Fsp3) is 0.200. The van der Waals surface area contributed by atoms with E-state index in [4.69, 9.17) is 0 Å². The monoisotopic (exact) mass is 402 g/mol. The number of aryl methyl sites for hydroxylation is 3. The number of carbonyl (C=O) groups excluding carboxylic acids is 2. The van der Waals surface area contributed by atoms with E-state index >= 15 is 0 Å². The smallest absolute Gasteiger partial charge is 0.258 e. The van der Waals surface area contributed by atoms with Crippen LogP contribution in [0.4, 0.5) is 15.8 Å². The second-order valence-electron chi connectivity index (χ2n) is 7.68. The molecule has 0 aromatic heterocycles. The average Bonchev–Trinajstić information content (AvgIpc) is 2.75. The second-order valence-corrected chi connectivity index (χ2v) is 7.68. The average molecular weight is 402 g/mol. The minimum atomic E-state index is -0.370. The molecule has 1 aliphatic rings. The Morgan fingerprint density at radius 2 is 1.67 bits per heavy atom. The lowest BCUT2D eigenvalue weighted by atomic mass is 9.98. The zero-order valence-electron chi connectivity index (χ0n) is 17.0. The van der Waals surface area contributed by atoms with Crippen LogP contribution in [0.1, 0.15) is 43.8 Å². The van der Waals surface area contributed by atoms with Crippen molar-refractivity contribution in [2.75, 3.05) is 16.8 Å². The molecule has 5 heteroatoms. The first-order valence-corrected chi connectivity index (χ1v) is 10.0. The third kappa shape index (κ3) is 3.96. The van der Waals surface area contributed by atoms with Crippen LogP contribution >= 0.6 is 0 Å². The fourth-order valence-electron chi connectivity index (χ4n) is 3.85. The van der Waals surface area contributed by atoms with Crippen molar-refractivity contribution in [2.45, 2.75) is 26.7 Å². The van der Waals surface area contributed by atoms with Gasteiger partial charge in [-0.15, -0.1) is 0 Å². The molecule has 1 N–H and O–H groups in total. The van der Waals surface area contributed by atoms with E-state index in [0.29, 0.717) is 17.7 Å². The third-order valence-corrected chi connectivity index (χ3v) is 5.43. The van der Waals surface area contributed by atoms with Crippen molar-refractivity contribution in [3.63, 3.8) is 0 Å². The molecule has 0 radical (unpaired) electrons. The lowest BCUT2D eigenvalue weighted by molar-refractivity contribution is 0.0984. The molecule has 0 saturated carbocycles. The number of rotatable bonds is 3. The van der Waals surface area contributed by atoms with Crippen LogP contribution < -0.4 is 10.2 Å². The summed E-state index contributed by atoms with van der Waals surface area (Å²) in [4.78, 5) is 27.4. The summed E-state index contributed by atoms with van der Waals surface area (Å²) in [6.07, 6.45) is 1.61.